The van der Waals surface area contributed by atoms with Crippen LogP contribution in [0.15, 0.2) is 30.4 Å². The molecule has 0 saturated carbocycles. The van der Waals surface area contributed by atoms with Crippen LogP contribution in [0.2, 0.25) is 5.02 Å². The zero-order valence-corrected chi connectivity index (χ0v) is 23.9. The first-order chi connectivity index (χ1) is 17.8. The predicted molar refractivity (Wildman–Crippen MR) is 143 cm³/mol. The lowest BCUT2D eigenvalue weighted by Crippen LogP contribution is -2.36. The Morgan fingerprint density at radius 3 is 1.71 bits per heavy atom. The number of aromatic nitrogens is 3. The third kappa shape index (κ3) is 9.89. The Labute approximate surface area is 250 Å². The summed E-state index contributed by atoms with van der Waals surface area (Å²) in [5.41, 5.74) is 0.461. The number of carbonyl (C=O) groups is 2. The van der Waals surface area contributed by atoms with Crippen molar-refractivity contribution in [1.29, 1.82) is 0 Å². The lowest BCUT2D eigenvalue weighted by molar-refractivity contribution is -0.141. The Kier molecular flexibility index (Phi) is 12.1. The van der Waals surface area contributed by atoms with E-state index < -0.39 is 32.6 Å². The smallest absolute Gasteiger partial charge is 0.325 e. The standard InChI is InChI=1S/C21H13Cl7N4O6/c22-13-9-12(17-29-18(20(23,24)25)31-19(30-17)21(26,27)28)3-4-14(13)32(10-15(35)37-7-1-5-33)11-16(36)38-8-2-6-34/h1-4,9H,7-8,10-11H2. The van der Waals surface area contributed by atoms with Gasteiger partial charge in [0, 0.05) is 17.7 Å². The number of hydrogen-bond acceptors (Lipinski definition) is 10. The van der Waals surface area contributed by atoms with E-state index >= 15 is 0 Å². The molecule has 0 unspecified atom stereocenters. The zero-order valence-electron chi connectivity index (χ0n) is 18.6. The van der Waals surface area contributed by atoms with Crippen molar-refractivity contribution in [2.45, 2.75) is 7.59 Å². The summed E-state index contributed by atoms with van der Waals surface area (Å²) in [5, 5.41) is 0.0231. The highest BCUT2D eigenvalue weighted by Crippen LogP contribution is 2.41. The van der Waals surface area contributed by atoms with Gasteiger partial charge in [0.05, 0.1) is 10.7 Å². The highest BCUT2D eigenvalue weighted by molar-refractivity contribution is 6.67. The summed E-state index contributed by atoms with van der Waals surface area (Å²) in [6.45, 7) is -1.59. The molecule has 38 heavy (non-hydrogen) atoms. The topological polar surface area (TPSA) is 129 Å². The number of hydrogen-bond donors (Lipinski definition) is 0. The molecule has 1 aromatic heterocycles. The quantitative estimate of drug-likeness (QED) is 0.203. The number of halogens is 7. The van der Waals surface area contributed by atoms with Crippen molar-refractivity contribution in [3.05, 3.63) is 47.0 Å². The molecule has 2 rings (SSSR count). The molecule has 1 aromatic carbocycles. The SMILES string of the molecule is O=C=CCOC(=O)CN(CC(=O)OCC=C=O)c1ccc(-c2nc(C(Cl)(Cl)Cl)nc(C(Cl)(Cl)Cl)n2)cc1Cl. The van der Waals surface area contributed by atoms with Gasteiger partial charge in [0.1, 0.15) is 38.2 Å². The molecule has 0 atom stereocenters. The summed E-state index contributed by atoms with van der Waals surface area (Å²) in [6, 6.07) is 4.28. The van der Waals surface area contributed by atoms with E-state index in [0.29, 0.717) is 0 Å². The third-order valence-corrected chi connectivity index (χ3v) is 5.47. The summed E-state index contributed by atoms with van der Waals surface area (Å²) >= 11 is 41.9. The fraction of sp³-hybridized carbons (Fsp3) is 0.286. The normalized spacial score (nSPS) is 11.1. The van der Waals surface area contributed by atoms with Crippen LogP contribution >= 0.6 is 81.2 Å². The molecule has 0 saturated heterocycles. The summed E-state index contributed by atoms with van der Waals surface area (Å²) < 4.78 is 5.61. The molecule has 0 fully saturated rings. The van der Waals surface area contributed by atoms with E-state index in [1.807, 2.05) is 0 Å². The fourth-order valence-corrected chi connectivity index (χ4v) is 3.43. The van der Waals surface area contributed by atoms with E-state index in [2.05, 4.69) is 15.0 Å². The van der Waals surface area contributed by atoms with Crippen molar-refractivity contribution < 1.29 is 28.7 Å². The van der Waals surface area contributed by atoms with Crippen molar-refractivity contribution in [2.75, 3.05) is 31.2 Å². The maximum Gasteiger partial charge on any atom is 0.325 e. The van der Waals surface area contributed by atoms with Gasteiger partial charge < -0.3 is 14.4 Å². The van der Waals surface area contributed by atoms with E-state index in [-0.39, 0.29) is 47.0 Å². The molecule has 0 bridgehead atoms. The molecule has 0 aliphatic carbocycles. The minimum absolute atomic E-state index is 0.0231. The van der Waals surface area contributed by atoms with Crippen LogP contribution in [0.4, 0.5) is 5.69 Å². The Bertz CT molecular complexity index is 1220. The van der Waals surface area contributed by atoms with Crippen molar-refractivity contribution >= 4 is 111 Å². The zero-order chi connectivity index (χ0) is 28.5. The van der Waals surface area contributed by atoms with Gasteiger partial charge in [-0.15, -0.1) is 0 Å². The monoisotopic (exact) mass is 662 g/mol. The van der Waals surface area contributed by atoms with Crippen LogP contribution in [0.5, 0.6) is 0 Å². The van der Waals surface area contributed by atoms with E-state index in [1.54, 1.807) is 0 Å². The Morgan fingerprint density at radius 1 is 0.842 bits per heavy atom. The molecule has 10 nitrogen and oxygen atoms in total. The number of rotatable bonds is 10. The summed E-state index contributed by atoms with van der Waals surface area (Å²) in [7, 11) is 0. The molecular formula is C21H13Cl7N4O6. The predicted octanol–water partition coefficient (Wildman–Crippen LogP) is 4.51. The van der Waals surface area contributed by atoms with Crippen molar-refractivity contribution in [2.24, 2.45) is 0 Å². The number of carbonyl (C=O) groups excluding carboxylic acids is 4. The van der Waals surface area contributed by atoms with Crippen LogP contribution in [-0.2, 0) is 36.2 Å². The molecule has 17 heteroatoms. The van der Waals surface area contributed by atoms with Crippen molar-refractivity contribution in [3.8, 4) is 11.4 Å². The van der Waals surface area contributed by atoms with Crippen LogP contribution in [0.3, 0.4) is 0 Å². The van der Waals surface area contributed by atoms with Gasteiger partial charge in [-0.1, -0.05) is 81.2 Å². The van der Waals surface area contributed by atoms with Crippen molar-refractivity contribution in [1.82, 2.24) is 15.0 Å². The number of anilines is 1. The third-order valence-electron chi connectivity index (χ3n) is 4.15. The molecule has 0 aliphatic rings. The van der Waals surface area contributed by atoms with Gasteiger partial charge in [0.2, 0.25) is 7.59 Å². The second-order valence-electron chi connectivity index (χ2n) is 6.83. The number of nitrogens with zero attached hydrogens (tertiary/aromatic N) is 4. The summed E-state index contributed by atoms with van der Waals surface area (Å²) in [4.78, 5) is 58.4. The fourth-order valence-electron chi connectivity index (χ4n) is 2.63. The van der Waals surface area contributed by atoms with Gasteiger partial charge in [-0.2, -0.15) is 0 Å². The van der Waals surface area contributed by atoms with E-state index in [4.69, 9.17) is 90.7 Å². The average Bonchev–Trinajstić information content (AvgIpc) is 2.82. The summed E-state index contributed by atoms with van der Waals surface area (Å²) in [6.07, 6.45) is 1.91. The highest BCUT2D eigenvalue weighted by atomic mass is 35.6. The van der Waals surface area contributed by atoms with Gasteiger partial charge in [-0.25, -0.2) is 24.5 Å². The molecule has 0 N–H and O–H groups in total. The molecule has 0 radical (unpaired) electrons. The number of ether oxygens (including phenoxy) is 2. The maximum atomic E-state index is 12.2. The molecule has 202 valence electrons. The van der Waals surface area contributed by atoms with Gasteiger partial charge in [-0.3, -0.25) is 9.59 Å². The molecule has 1 heterocycles. The van der Waals surface area contributed by atoms with Crippen LogP contribution < -0.4 is 4.90 Å². The average molecular weight is 666 g/mol. The van der Waals surface area contributed by atoms with Gasteiger partial charge >= 0.3 is 11.9 Å². The van der Waals surface area contributed by atoms with Gasteiger partial charge in [0.15, 0.2) is 17.5 Å². The number of alkyl halides is 6. The molecular weight excluding hydrogens is 652 g/mol. The van der Waals surface area contributed by atoms with Gasteiger partial charge in [-0.05, 0) is 18.2 Å². The maximum absolute atomic E-state index is 12.2. The van der Waals surface area contributed by atoms with E-state index in [1.165, 1.54) is 35.0 Å². The van der Waals surface area contributed by atoms with E-state index in [9.17, 15) is 19.2 Å². The van der Waals surface area contributed by atoms with Crippen LogP contribution in [0, 0.1) is 0 Å². The molecule has 0 spiro atoms. The van der Waals surface area contributed by atoms with Crippen LogP contribution in [-0.4, -0.2) is 65.1 Å². The lowest BCUT2D eigenvalue weighted by Gasteiger charge is -2.24. The Balaban J connectivity index is 2.46. The summed E-state index contributed by atoms with van der Waals surface area (Å²) in [5.74, 6) is 0.620. The van der Waals surface area contributed by atoms with Crippen LogP contribution in [0.1, 0.15) is 11.6 Å². The molecule has 2 aromatic rings. The largest absolute Gasteiger partial charge is 0.459 e. The van der Waals surface area contributed by atoms with Crippen molar-refractivity contribution in [3.63, 3.8) is 0 Å². The van der Waals surface area contributed by atoms with E-state index in [0.717, 1.165) is 12.2 Å². The number of benzene rings is 1. The minimum atomic E-state index is -2.08. The minimum Gasteiger partial charge on any atom is -0.459 e. The first-order valence-corrected chi connectivity index (χ1v) is 12.6. The van der Waals surface area contributed by atoms with Gasteiger partial charge in [0.25, 0.3) is 0 Å². The second kappa shape index (κ2) is 14.3. The first kappa shape index (κ1) is 32.1. The lowest BCUT2D eigenvalue weighted by atomic mass is 10.1. The first-order valence-electron chi connectivity index (χ1n) is 9.91. The molecule has 0 amide bonds. The number of esters is 2. The van der Waals surface area contributed by atoms with Crippen LogP contribution in [0.25, 0.3) is 11.4 Å². The Morgan fingerprint density at radius 2 is 1.32 bits per heavy atom. The molecule has 0 aliphatic heterocycles. The Hall–Kier alpha value is -2.10. The highest BCUT2D eigenvalue weighted by Gasteiger charge is 2.34. The second-order valence-corrected chi connectivity index (χ2v) is 11.8.